The van der Waals surface area contributed by atoms with Crippen molar-refractivity contribution in [3.8, 4) is 11.4 Å². The average molecular weight is 378 g/mol. The number of carbonyl (C=O) groups excluding carboxylic acids is 1. The molecule has 0 bridgehead atoms. The number of aromatic nitrogens is 4. The Balaban J connectivity index is 1.79. The molecule has 1 aliphatic rings. The van der Waals surface area contributed by atoms with Gasteiger partial charge >= 0.3 is 0 Å². The SMILES string of the molecule is [2H]CNC(=O)[C@H]1O[C@@H](n2cnc3c(NC([2H])([2H])[2H])nc(-c4ccoc4)nc32)[C@H](O)[C@@H]1O. The smallest absolute Gasteiger partial charge is 0.251 e. The van der Waals surface area contributed by atoms with Gasteiger partial charge < -0.3 is 30.0 Å². The summed E-state index contributed by atoms with van der Waals surface area (Å²) in [5, 5.41) is 25.2. The van der Waals surface area contributed by atoms with Crippen molar-refractivity contribution in [3.63, 3.8) is 0 Å². The van der Waals surface area contributed by atoms with Crippen molar-refractivity contribution in [2.24, 2.45) is 0 Å². The van der Waals surface area contributed by atoms with E-state index in [9.17, 15) is 15.0 Å². The highest BCUT2D eigenvalue weighted by atomic mass is 16.6. The summed E-state index contributed by atoms with van der Waals surface area (Å²) in [6, 6.07) is 1.58. The number of ether oxygens (including phenoxy) is 1. The molecule has 0 aliphatic carbocycles. The van der Waals surface area contributed by atoms with Crippen molar-refractivity contribution in [1.82, 2.24) is 24.8 Å². The fourth-order valence-corrected chi connectivity index (χ4v) is 2.92. The Morgan fingerprint density at radius 2 is 2.26 bits per heavy atom. The molecule has 3 aromatic heterocycles. The second-order valence-electron chi connectivity index (χ2n) is 5.83. The number of hydrogen-bond donors (Lipinski definition) is 4. The van der Waals surface area contributed by atoms with Crippen molar-refractivity contribution in [2.75, 3.05) is 19.3 Å². The number of rotatable bonds is 4. The Kier molecular flexibility index (Phi) is 3.23. The molecule has 3 aromatic rings. The molecule has 4 N–H and O–H groups in total. The third-order valence-electron chi connectivity index (χ3n) is 4.26. The molecule has 0 aromatic carbocycles. The van der Waals surface area contributed by atoms with E-state index in [0.717, 1.165) is 0 Å². The van der Waals surface area contributed by atoms with Gasteiger partial charge in [0.2, 0.25) is 0 Å². The van der Waals surface area contributed by atoms with E-state index in [1.54, 1.807) is 6.07 Å². The van der Waals surface area contributed by atoms with Gasteiger partial charge in [0.1, 0.15) is 18.5 Å². The monoisotopic (exact) mass is 378 g/mol. The van der Waals surface area contributed by atoms with Crippen LogP contribution in [0.15, 0.2) is 29.3 Å². The molecule has 1 aliphatic heterocycles. The molecule has 0 unspecified atom stereocenters. The van der Waals surface area contributed by atoms with Crippen molar-refractivity contribution in [1.29, 1.82) is 0 Å². The molecule has 4 rings (SSSR count). The van der Waals surface area contributed by atoms with Crippen LogP contribution < -0.4 is 10.6 Å². The molecule has 27 heavy (non-hydrogen) atoms. The van der Waals surface area contributed by atoms with Gasteiger partial charge in [-0.2, -0.15) is 0 Å². The molecule has 11 heteroatoms. The predicted octanol–water partition coefficient (Wildman–Crippen LogP) is -0.507. The van der Waals surface area contributed by atoms with Gasteiger partial charge in [-0.3, -0.25) is 9.36 Å². The van der Waals surface area contributed by atoms with Crippen molar-refractivity contribution in [3.05, 3.63) is 24.9 Å². The number of nitrogens with zero attached hydrogens (tertiary/aromatic N) is 4. The van der Waals surface area contributed by atoms with Crippen molar-refractivity contribution < 1.29 is 29.6 Å². The minimum atomic E-state index is -2.57. The number of furan rings is 1. The van der Waals surface area contributed by atoms with Gasteiger partial charge in [-0.1, -0.05) is 0 Å². The molecule has 1 saturated heterocycles. The topological polar surface area (TPSA) is 148 Å². The van der Waals surface area contributed by atoms with Crippen LogP contribution in [0.2, 0.25) is 0 Å². The van der Waals surface area contributed by atoms with Crippen LogP contribution in [0.1, 0.15) is 11.7 Å². The number of likely N-dealkylation sites (N-methyl/N-ethyl adjacent to an activating group) is 1. The molecule has 0 saturated carbocycles. The lowest BCUT2D eigenvalue weighted by molar-refractivity contribution is -0.137. The van der Waals surface area contributed by atoms with Gasteiger partial charge in [0.25, 0.3) is 5.91 Å². The summed E-state index contributed by atoms with van der Waals surface area (Å²) in [6.45, 7) is -2.57. The highest BCUT2D eigenvalue weighted by molar-refractivity contribution is 5.85. The molecule has 142 valence electrons. The van der Waals surface area contributed by atoms with E-state index in [0.29, 0.717) is 5.56 Å². The number of fused-ring (bicyclic) bond motifs is 1. The number of carbonyl (C=O) groups is 1. The standard InChI is InChI=1S/C16H18N6O5/c1-17-13-8-14(21-12(20-13)7-3-4-26-5-7)22(6-19-8)16-10(24)9(23)11(27-16)15(25)18-2/h3-6,9-11,16,23-24H,1-2H3,(H,18,25)(H,17,20,21)/t9-,10+,11-,16+/m0/s1/i1D3,2D. The van der Waals surface area contributed by atoms with E-state index < -0.39 is 44.4 Å². The number of imidazole rings is 1. The largest absolute Gasteiger partial charge is 0.472 e. The Morgan fingerprint density at radius 1 is 1.37 bits per heavy atom. The summed E-state index contributed by atoms with van der Waals surface area (Å²) >= 11 is 0. The number of amides is 1. The van der Waals surface area contributed by atoms with E-state index in [1.165, 1.54) is 23.4 Å². The van der Waals surface area contributed by atoms with Gasteiger partial charge in [-0.25, -0.2) is 15.0 Å². The third kappa shape index (κ3) is 2.72. The maximum absolute atomic E-state index is 12.0. The van der Waals surface area contributed by atoms with Gasteiger partial charge in [-0.05, 0) is 6.07 Å². The molecular formula is C16H18N6O5. The lowest BCUT2D eigenvalue weighted by Gasteiger charge is -2.16. The number of nitrogens with one attached hydrogen (secondary N) is 2. The summed E-state index contributed by atoms with van der Waals surface area (Å²) in [5.41, 5.74) is 0.632. The normalized spacial score (nSPS) is 27.6. The zero-order valence-electron chi connectivity index (χ0n) is 17.7. The van der Waals surface area contributed by atoms with Crippen LogP contribution in [-0.2, 0) is 9.53 Å². The molecule has 4 heterocycles. The van der Waals surface area contributed by atoms with Crippen molar-refractivity contribution in [2.45, 2.75) is 24.5 Å². The van der Waals surface area contributed by atoms with Gasteiger partial charge in [0.15, 0.2) is 35.1 Å². The molecule has 0 spiro atoms. The second kappa shape index (κ2) is 6.61. The maximum atomic E-state index is 12.0. The minimum Gasteiger partial charge on any atom is -0.472 e. The van der Waals surface area contributed by atoms with Gasteiger partial charge in [-0.15, -0.1) is 0 Å². The average Bonchev–Trinajstić information content (AvgIpc) is 3.41. The quantitative estimate of drug-likeness (QED) is 0.471. The van der Waals surface area contributed by atoms with Crippen LogP contribution in [-0.4, -0.2) is 68.0 Å². The number of aliphatic hydroxyl groups is 2. The zero-order valence-corrected chi connectivity index (χ0v) is 13.7. The fourth-order valence-electron chi connectivity index (χ4n) is 2.92. The van der Waals surface area contributed by atoms with Crippen LogP contribution in [0.25, 0.3) is 22.6 Å². The summed E-state index contributed by atoms with van der Waals surface area (Å²) in [7, 11) is -0.425. The Bertz CT molecular complexity index is 1090. The first-order valence-corrected chi connectivity index (χ1v) is 7.83. The van der Waals surface area contributed by atoms with Gasteiger partial charge in [0.05, 0.1) is 18.2 Å². The summed E-state index contributed by atoms with van der Waals surface area (Å²) < 4.78 is 41.4. The third-order valence-corrected chi connectivity index (χ3v) is 4.26. The van der Waals surface area contributed by atoms with Crippen LogP contribution in [0.3, 0.4) is 0 Å². The minimum absolute atomic E-state index is 0.0766. The van der Waals surface area contributed by atoms with E-state index in [1.807, 2.05) is 0 Å². The zero-order chi connectivity index (χ0) is 22.3. The van der Waals surface area contributed by atoms with E-state index in [-0.39, 0.29) is 22.8 Å². The second-order valence-corrected chi connectivity index (χ2v) is 5.83. The Morgan fingerprint density at radius 3 is 3.00 bits per heavy atom. The molecule has 11 nitrogen and oxygen atoms in total. The number of hydrogen-bond acceptors (Lipinski definition) is 9. The first kappa shape index (κ1) is 13.2. The van der Waals surface area contributed by atoms with Crippen LogP contribution >= 0.6 is 0 Å². The molecule has 0 radical (unpaired) electrons. The van der Waals surface area contributed by atoms with Crippen LogP contribution in [0.5, 0.6) is 0 Å². The molecule has 1 fully saturated rings. The van der Waals surface area contributed by atoms with E-state index in [4.69, 9.17) is 14.6 Å². The van der Waals surface area contributed by atoms with E-state index in [2.05, 4.69) is 25.6 Å². The summed E-state index contributed by atoms with van der Waals surface area (Å²) in [5.74, 6) is -0.727. The molecule has 1 amide bonds. The van der Waals surface area contributed by atoms with Crippen LogP contribution in [0.4, 0.5) is 5.82 Å². The van der Waals surface area contributed by atoms with E-state index >= 15 is 0 Å². The summed E-state index contributed by atoms with van der Waals surface area (Å²) in [6.07, 6.45) is -1.77. The van der Waals surface area contributed by atoms with Crippen LogP contribution in [0, 0.1) is 0 Å². The Hall–Kier alpha value is -3.02. The van der Waals surface area contributed by atoms with Gasteiger partial charge in [0, 0.05) is 19.5 Å². The first-order valence-electron chi connectivity index (χ1n) is 10.0. The Labute approximate surface area is 158 Å². The lowest BCUT2D eigenvalue weighted by atomic mass is 10.1. The molecule has 4 atom stereocenters. The lowest BCUT2D eigenvalue weighted by Crippen LogP contribution is -2.41. The molecular weight excluding hydrogens is 356 g/mol. The maximum Gasteiger partial charge on any atom is 0.251 e. The number of aliphatic hydroxyl groups excluding tert-OH is 2. The fraction of sp³-hybridized carbons (Fsp3) is 0.375. The summed E-state index contributed by atoms with van der Waals surface area (Å²) in [4.78, 5) is 24.8. The highest BCUT2D eigenvalue weighted by Gasteiger charge is 2.47. The highest BCUT2D eigenvalue weighted by Crippen LogP contribution is 2.33. The van der Waals surface area contributed by atoms with Crippen molar-refractivity contribution >= 4 is 22.9 Å². The number of anilines is 1. The predicted molar refractivity (Wildman–Crippen MR) is 92.6 cm³/mol. The first-order chi connectivity index (χ1) is 14.7.